The standard InChI is InChI=1S/C15H18N4S2/c1-10-6-5-7-11(8-10)13-18-19-12(9-20-15(2,3)4)16-17-14(19)21-13/h5-8H,9H2,1-4H3. The van der Waals surface area contributed by atoms with Gasteiger partial charge in [0.05, 0.1) is 5.75 Å². The monoisotopic (exact) mass is 318 g/mol. The second-order valence-corrected chi connectivity index (χ2v) is 8.75. The minimum absolute atomic E-state index is 0.210. The third-order valence-electron chi connectivity index (χ3n) is 2.95. The summed E-state index contributed by atoms with van der Waals surface area (Å²) in [6.45, 7) is 8.70. The van der Waals surface area contributed by atoms with Crippen LogP contribution in [0.1, 0.15) is 32.2 Å². The Hall–Kier alpha value is -1.40. The summed E-state index contributed by atoms with van der Waals surface area (Å²) in [7, 11) is 0. The number of rotatable bonds is 3. The molecular formula is C15H18N4S2. The van der Waals surface area contributed by atoms with Gasteiger partial charge in [0.1, 0.15) is 5.01 Å². The quantitative estimate of drug-likeness (QED) is 0.726. The first-order valence-corrected chi connectivity index (χ1v) is 8.65. The van der Waals surface area contributed by atoms with Gasteiger partial charge in [-0.15, -0.1) is 22.0 Å². The van der Waals surface area contributed by atoms with Gasteiger partial charge in [-0.05, 0) is 13.0 Å². The van der Waals surface area contributed by atoms with Crippen molar-refractivity contribution >= 4 is 28.1 Å². The Bertz CT molecular complexity index is 767. The first kappa shape index (κ1) is 14.5. The van der Waals surface area contributed by atoms with Crippen LogP contribution in [-0.4, -0.2) is 24.6 Å². The Morgan fingerprint density at radius 3 is 2.76 bits per heavy atom. The lowest BCUT2D eigenvalue weighted by molar-refractivity contribution is 0.796. The van der Waals surface area contributed by atoms with E-state index in [4.69, 9.17) is 0 Å². The Balaban J connectivity index is 1.92. The molecule has 21 heavy (non-hydrogen) atoms. The van der Waals surface area contributed by atoms with E-state index in [9.17, 15) is 0 Å². The van der Waals surface area contributed by atoms with Gasteiger partial charge in [0.15, 0.2) is 5.82 Å². The van der Waals surface area contributed by atoms with E-state index >= 15 is 0 Å². The molecule has 0 radical (unpaired) electrons. The van der Waals surface area contributed by atoms with Crippen molar-refractivity contribution in [2.24, 2.45) is 0 Å². The van der Waals surface area contributed by atoms with E-state index < -0.39 is 0 Å². The summed E-state index contributed by atoms with van der Waals surface area (Å²) in [6.07, 6.45) is 0. The van der Waals surface area contributed by atoms with Crippen LogP contribution in [0.4, 0.5) is 0 Å². The molecule has 6 heteroatoms. The van der Waals surface area contributed by atoms with Gasteiger partial charge in [-0.25, -0.2) is 0 Å². The van der Waals surface area contributed by atoms with Crippen molar-refractivity contribution in [1.82, 2.24) is 19.8 Å². The second kappa shape index (κ2) is 5.42. The molecule has 0 fully saturated rings. The molecule has 0 saturated carbocycles. The van der Waals surface area contributed by atoms with Crippen LogP contribution in [0, 0.1) is 6.92 Å². The van der Waals surface area contributed by atoms with Crippen LogP contribution < -0.4 is 0 Å². The maximum Gasteiger partial charge on any atom is 0.235 e. The number of benzene rings is 1. The minimum atomic E-state index is 0.210. The summed E-state index contributed by atoms with van der Waals surface area (Å²) in [4.78, 5) is 0.857. The average Bonchev–Trinajstić information content (AvgIpc) is 2.95. The van der Waals surface area contributed by atoms with E-state index in [1.807, 2.05) is 16.3 Å². The fourth-order valence-electron chi connectivity index (χ4n) is 1.92. The predicted molar refractivity (Wildman–Crippen MR) is 89.9 cm³/mol. The SMILES string of the molecule is Cc1cccc(-c2nn3c(CSC(C)(C)C)nnc3s2)c1. The summed E-state index contributed by atoms with van der Waals surface area (Å²) in [5.41, 5.74) is 2.38. The smallest absolute Gasteiger partial charge is 0.186 e. The highest BCUT2D eigenvalue weighted by Crippen LogP contribution is 2.29. The number of nitrogens with zero attached hydrogens (tertiary/aromatic N) is 4. The molecule has 3 rings (SSSR count). The number of aryl methyl sites for hydroxylation is 1. The third-order valence-corrected chi connectivity index (χ3v) is 5.17. The molecule has 0 unspecified atom stereocenters. The van der Waals surface area contributed by atoms with Crippen molar-refractivity contribution in [2.45, 2.75) is 38.2 Å². The summed E-state index contributed by atoms with van der Waals surface area (Å²) < 4.78 is 2.09. The van der Waals surface area contributed by atoms with Crippen LogP contribution in [0.15, 0.2) is 24.3 Å². The molecule has 110 valence electrons. The first-order chi connectivity index (χ1) is 9.92. The highest BCUT2D eigenvalue weighted by Gasteiger charge is 2.16. The lowest BCUT2D eigenvalue weighted by Crippen LogP contribution is -2.08. The molecule has 0 spiro atoms. The molecule has 0 aliphatic heterocycles. The van der Waals surface area contributed by atoms with Gasteiger partial charge in [-0.3, -0.25) is 0 Å². The summed E-state index contributed by atoms with van der Waals surface area (Å²) in [6, 6.07) is 8.39. The molecule has 0 saturated heterocycles. The van der Waals surface area contributed by atoms with E-state index in [-0.39, 0.29) is 4.75 Å². The normalized spacial score (nSPS) is 12.2. The Morgan fingerprint density at radius 2 is 2.05 bits per heavy atom. The summed E-state index contributed by atoms with van der Waals surface area (Å²) in [5, 5.41) is 14.2. The van der Waals surface area contributed by atoms with Crippen LogP contribution in [0.5, 0.6) is 0 Å². The summed E-state index contributed by atoms with van der Waals surface area (Å²) >= 11 is 3.44. The lowest BCUT2D eigenvalue weighted by atomic mass is 10.1. The fraction of sp³-hybridized carbons (Fsp3) is 0.400. The van der Waals surface area contributed by atoms with E-state index in [0.29, 0.717) is 0 Å². The largest absolute Gasteiger partial charge is 0.235 e. The van der Waals surface area contributed by atoms with Crippen molar-refractivity contribution in [3.8, 4) is 10.6 Å². The highest BCUT2D eigenvalue weighted by molar-refractivity contribution is 7.99. The van der Waals surface area contributed by atoms with E-state index in [1.165, 1.54) is 5.56 Å². The molecule has 2 aromatic heterocycles. The number of thioether (sulfide) groups is 1. The molecule has 0 atom stereocenters. The molecule has 0 aliphatic carbocycles. The molecule has 0 N–H and O–H groups in total. The average molecular weight is 318 g/mol. The maximum absolute atomic E-state index is 4.68. The zero-order chi connectivity index (χ0) is 15.0. The van der Waals surface area contributed by atoms with Crippen LogP contribution in [0.2, 0.25) is 0 Å². The van der Waals surface area contributed by atoms with Crippen LogP contribution in [0.3, 0.4) is 0 Å². The van der Waals surface area contributed by atoms with Gasteiger partial charge < -0.3 is 0 Å². The molecule has 4 nitrogen and oxygen atoms in total. The van der Waals surface area contributed by atoms with Crippen molar-refractivity contribution in [1.29, 1.82) is 0 Å². The third kappa shape index (κ3) is 3.27. The molecule has 2 heterocycles. The molecule has 1 aromatic carbocycles. The Morgan fingerprint density at radius 1 is 1.24 bits per heavy atom. The minimum Gasteiger partial charge on any atom is -0.186 e. The number of hydrogen-bond acceptors (Lipinski definition) is 5. The van der Waals surface area contributed by atoms with Gasteiger partial charge in [0, 0.05) is 10.3 Å². The molecule has 0 amide bonds. The van der Waals surface area contributed by atoms with Gasteiger partial charge in [-0.2, -0.15) is 9.61 Å². The highest BCUT2D eigenvalue weighted by atomic mass is 32.2. The van der Waals surface area contributed by atoms with E-state index in [2.05, 4.69) is 67.3 Å². The molecule has 3 aromatic rings. The van der Waals surface area contributed by atoms with Crippen molar-refractivity contribution in [3.63, 3.8) is 0 Å². The van der Waals surface area contributed by atoms with Gasteiger partial charge in [0.2, 0.25) is 4.96 Å². The molecule has 0 aliphatic rings. The van der Waals surface area contributed by atoms with Crippen molar-refractivity contribution in [3.05, 3.63) is 35.7 Å². The Labute approximate surface area is 132 Å². The zero-order valence-electron chi connectivity index (χ0n) is 12.6. The van der Waals surface area contributed by atoms with Gasteiger partial charge >= 0.3 is 0 Å². The predicted octanol–water partition coefficient (Wildman–Crippen LogP) is 4.19. The van der Waals surface area contributed by atoms with Gasteiger partial charge in [0.25, 0.3) is 0 Å². The maximum atomic E-state index is 4.68. The van der Waals surface area contributed by atoms with Crippen LogP contribution in [-0.2, 0) is 5.75 Å². The van der Waals surface area contributed by atoms with Gasteiger partial charge in [-0.1, -0.05) is 55.9 Å². The van der Waals surface area contributed by atoms with Crippen LogP contribution in [0.25, 0.3) is 15.5 Å². The van der Waals surface area contributed by atoms with Crippen molar-refractivity contribution < 1.29 is 0 Å². The zero-order valence-corrected chi connectivity index (χ0v) is 14.3. The van der Waals surface area contributed by atoms with Crippen molar-refractivity contribution in [2.75, 3.05) is 0 Å². The summed E-state index contributed by atoms with van der Waals surface area (Å²) in [5.74, 6) is 1.74. The molecular weight excluding hydrogens is 300 g/mol. The topological polar surface area (TPSA) is 43.1 Å². The lowest BCUT2D eigenvalue weighted by Gasteiger charge is -2.16. The molecule has 0 bridgehead atoms. The number of aromatic nitrogens is 4. The van der Waals surface area contributed by atoms with E-state index in [0.717, 1.165) is 27.1 Å². The fourth-order valence-corrected chi connectivity index (χ4v) is 3.52. The number of fused-ring (bicyclic) bond motifs is 1. The number of hydrogen-bond donors (Lipinski definition) is 0. The van der Waals surface area contributed by atoms with Crippen LogP contribution >= 0.6 is 23.1 Å². The second-order valence-electron chi connectivity index (χ2n) is 5.99. The first-order valence-electron chi connectivity index (χ1n) is 6.84. The van der Waals surface area contributed by atoms with E-state index in [1.54, 1.807) is 11.3 Å². The Kier molecular flexibility index (Phi) is 3.75.